The Hall–Kier alpha value is -1.06. The third-order valence-electron chi connectivity index (χ3n) is 4.92. The first kappa shape index (κ1) is 13.9. The molecule has 0 radical (unpaired) electrons. The minimum atomic E-state index is 0.354. The molecule has 1 aromatic rings. The van der Waals surface area contributed by atoms with Crippen LogP contribution in [0.4, 0.5) is 0 Å². The van der Waals surface area contributed by atoms with Gasteiger partial charge in [0.2, 0.25) is 0 Å². The largest absolute Gasteiger partial charge is 0.508 e. The van der Waals surface area contributed by atoms with E-state index in [2.05, 4.69) is 18.3 Å². The molecule has 1 fully saturated rings. The van der Waals surface area contributed by atoms with E-state index in [1.165, 1.54) is 24.0 Å². The van der Waals surface area contributed by atoms with Crippen molar-refractivity contribution in [2.75, 3.05) is 19.8 Å². The molecule has 1 unspecified atom stereocenters. The first-order valence-corrected chi connectivity index (χ1v) is 7.79. The highest BCUT2D eigenvalue weighted by atomic mass is 16.5. The predicted octanol–water partition coefficient (Wildman–Crippen LogP) is 3.18. The fourth-order valence-corrected chi connectivity index (χ4v) is 3.41. The SMILES string of the molecule is CC1(CNC2CCCc3ccc(O)cc32)CCOCC1. The average Bonchev–Trinajstić information content (AvgIpc) is 2.46. The normalized spacial score (nSPS) is 25.1. The lowest BCUT2D eigenvalue weighted by molar-refractivity contribution is 0.0226. The van der Waals surface area contributed by atoms with Crippen LogP contribution in [0.25, 0.3) is 0 Å². The van der Waals surface area contributed by atoms with Gasteiger partial charge < -0.3 is 15.2 Å². The monoisotopic (exact) mass is 275 g/mol. The molecule has 110 valence electrons. The van der Waals surface area contributed by atoms with Crippen molar-refractivity contribution >= 4 is 0 Å². The molecule has 3 nitrogen and oxygen atoms in total. The molecule has 2 aliphatic rings. The van der Waals surface area contributed by atoms with Crippen molar-refractivity contribution in [3.8, 4) is 5.75 Å². The third-order valence-corrected chi connectivity index (χ3v) is 4.92. The van der Waals surface area contributed by atoms with E-state index in [1.807, 2.05) is 6.07 Å². The van der Waals surface area contributed by atoms with Gasteiger partial charge in [0.15, 0.2) is 0 Å². The second-order valence-corrected chi connectivity index (χ2v) is 6.63. The van der Waals surface area contributed by atoms with E-state index in [0.717, 1.165) is 39.0 Å². The maximum absolute atomic E-state index is 9.73. The highest BCUT2D eigenvalue weighted by Gasteiger charge is 2.29. The van der Waals surface area contributed by atoms with Gasteiger partial charge in [-0.05, 0) is 60.8 Å². The van der Waals surface area contributed by atoms with E-state index < -0.39 is 0 Å². The summed E-state index contributed by atoms with van der Waals surface area (Å²) < 4.78 is 5.47. The van der Waals surface area contributed by atoms with Crippen LogP contribution in [-0.2, 0) is 11.2 Å². The number of phenolic OH excluding ortho intramolecular Hbond substituents is 1. The fraction of sp³-hybridized carbons (Fsp3) is 0.647. The number of nitrogens with one attached hydrogen (secondary N) is 1. The van der Waals surface area contributed by atoms with E-state index in [9.17, 15) is 5.11 Å². The van der Waals surface area contributed by atoms with Crippen LogP contribution in [0.15, 0.2) is 18.2 Å². The molecule has 3 rings (SSSR count). The Labute approximate surface area is 121 Å². The van der Waals surface area contributed by atoms with Gasteiger partial charge in [-0.3, -0.25) is 0 Å². The molecule has 1 aliphatic heterocycles. The summed E-state index contributed by atoms with van der Waals surface area (Å²) in [5.74, 6) is 0.384. The summed E-state index contributed by atoms with van der Waals surface area (Å²) in [7, 11) is 0. The van der Waals surface area contributed by atoms with Gasteiger partial charge in [0.05, 0.1) is 0 Å². The highest BCUT2D eigenvalue weighted by molar-refractivity contribution is 5.38. The molecule has 0 saturated carbocycles. The summed E-state index contributed by atoms with van der Waals surface area (Å²) in [6.45, 7) is 5.17. The lowest BCUT2D eigenvalue weighted by Gasteiger charge is -2.36. The van der Waals surface area contributed by atoms with E-state index in [4.69, 9.17) is 4.74 Å². The standard InChI is InChI=1S/C17H25NO2/c1-17(7-9-20-10-8-17)12-18-16-4-2-3-13-5-6-14(19)11-15(13)16/h5-6,11,16,18-19H,2-4,7-10,12H2,1H3. The first-order valence-electron chi connectivity index (χ1n) is 7.79. The predicted molar refractivity (Wildman–Crippen MR) is 79.9 cm³/mol. The van der Waals surface area contributed by atoms with Crippen LogP contribution >= 0.6 is 0 Å². The third kappa shape index (κ3) is 2.99. The minimum Gasteiger partial charge on any atom is -0.508 e. The smallest absolute Gasteiger partial charge is 0.115 e. The van der Waals surface area contributed by atoms with Gasteiger partial charge >= 0.3 is 0 Å². The summed E-state index contributed by atoms with van der Waals surface area (Å²) in [5.41, 5.74) is 3.04. The zero-order valence-electron chi connectivity index (χ0n) is 12.3. The van der Waals surface area contributed by atoms with Gasteiger partial charge in [-0.1, -0.05) is 13.0 Å². The fourth-order valence-electron chi connectivity index (χ4n) is 3.41. The Morgan fingerprint density at radius 3 is 2.95 bits per heavy atom. The molecular weight excluding hydrogens is 250 g/mol. The molecular formula is C17H25NO2. The van der Waals surface area contributed by atoms with Crippen LogP contribution in [-0.4, -0.2) is 24.9 Å². The topological polar surface area (TPSA) is 41.5 Å². The molecule has 1 saturated heterocycles. The molecule has 1 heterocycles. The van der Waals surface area contributed by atoms with Crippen molar-refractivity contribution in [2.45, 2.75) is 45.1 Å². The molecule has 0 bridgehead atoms. The van der Waals surface area contributed by atoms with E-state index >= 15 is 0 Å². The number of phenols is 1. The number of ether oxygens (including phenoxy) is 1. The van der Waals surface area contributed by atoms with Crippen molar-refractivity contribution < 1.29 is 9.84 Å². The second-order valence-electron chi connectivity index (χ2n) is 6.63. The van der Waals surface area contributed by atoms with E-state index in [1.54, 1.807) is 6.07 Å². The van der Waals surface area contributed by atoms with Crippen molar-refractivity contribution in [3.63, 3.8) is 0 Å². The van der Waals surface area contributed by atoms with Crippen molar-refractivity contribution in [1.29, 1.82) is 0 Å². The number of hydrogen-bond donors (Lipinski definition) is 2. The lowest BCUT2D eigenvalue weighted by atomic mass is 9.81. The maximum Gasteiger partial charge on any atom is 0.115 e. The zero-order chi connectivity index (χ0) is 14.0. The summed E-state index contributed by atoms with van der Waals surface area (Å²) in [4.78, 5) is 0. The summed E-state index contributed by atoms with van der Waals surface area (Å²) >= 11 is 0. The van der Waals surface area contributed by atoms with Gasteiger partial charge in [-0.2, -0.15) is 0 Å². The molecule has 1 atom stereocenters. The Morgan fingerprint density at radius 1 is 1.35 bits per heavy atom. The molecule has 0 amide bonds. The number of fused-ring (bicyclic) bond motifs is 1. The molecule has 3 heteroatoms. The maximum atomic E-state index is 9.73. The van der Waals surface area contributed by atoms with Crippen LogP contribution in [0, 0.1) is 5.41 Å². The number of hydrogen-bond acceptors (Lipinski definition) is 3. The highest BCUT2D eigenvalue weighted by Crippen LogP contribution is 2.34. The van der Waals surface area contributed by atoms with Crippen LogP contribution < -0.4 is 5.32 Å². The lowest BCUT2D eigenvalue weighted by Crippen LogP contribution is -2.39. The first-order chi connectivity index (χ1) is 9.66. The molecule has 2 N–H and O–H groups in total. The van der Waals surface area contributed by atoms with Gasteiger partial charge in [0, 0.05) is 25.8 Å². The Balaban J connectivity index is 1.68. The molecule has 0 spiro atoms. The number of aryl methyl sites for hydroxylation is 1. The minimum absolute atomic E-state index is 0.354. The van der Waals surface area contributed by atoms with Crippen molar-refractivity contribution in [1.82, 2.24) is 5.32 Å². The van der Waals surface area contributed by atoms with E-state index in [-0.39, 0.29) is 0 Å². The van der Waals surface area contributed by atoms with Crippen LogP contribution in [0.1, 0.15) is 49.8 Å². The van der Waals surface area contributed by atoms with Gasteiger partial charge in [0.1, 0.15) is 5.75 Å². The van der Waals surface area contributed by atoms with Gasteiger partial charge in [-0.25, -0.2) is 0 Å². The van der Waals surface area contributed by atoms with Crippen LogP contribution in [0.5, 0.6) is 5.75 Å². The zero-order valence-corrected chi connectivity index (χ0v) is 12.3. The van der Waals surface area contributed by atoms with Crippen LogP contribution in [0.2, 0.25) is 0 Å². The average molecular weight is 275 g/mol. The number of benzene rings is 1. The molecule has 1 aromatic carbocycles. The van der Waals surface area contributed by atoms with Gasteiger partial charge in [0.25, 0.3) is 0 Å². The quantitative estimate of drug-likeness (QED) is 0.890. The van der Waals surface area contributed by atoms with Crippen LogP contribution in [0.3, 0.4) is 0 Å². The second kappa shape index (κ2) is 5.74. The molecule has 0 aromatic heterocycles. The summed E-state index contributed by atoms with van der Waals surface area (Å²) in [6, 6.07) is 6.22. The van der Waals surface area contributed by atoms with Gasteiger partial charge in [-0.15, -0.1) is 0 Å². The van der Waals surface area contributed by atoms with Crippen molar-refractivity contribution in [2.24, 2.45) is 5.41 Å². The van der Waals surface area contributed by atoms with E-state index in [0.29, 0.717) is 17.2 Å². The Bertz CT molecular complexity index is 466. The summed E-state index contributed by atoms with van der Waals surface area (Å²) in [5, 5.41) is 13.5. The Kier molecular flexibility index (Phi) is 3.99. The summed E-state index contributed by atoms with van der Waals surface area (Å²) in [6.07, 6.45) is 5.82. The molecule has 1 aliphatic carbocycles. The number of aromatic hydroxyl groups is 1. The number of rotatable bonds is 3. The van der Waals surface area contributed by atoms with Crippen molar-refractivity contribution in [3.05, 3.63) is 29.3 Å². The Morgan fingerprint density at radius 2 is 2.15 bits per heavy atom. The molecule has 20 heavy (non-hydrogen) atoms.